The Morgan fingerprint density at radius 2 is 2.00 bits per heavy atom. The summed E-state index contributed by atoms with van der Waals surface area (Å²) in [4.78, 5) is 10.6. The zero-order chi connectivity index (χ0) is 14.0. The molecule has 1 aromatic rings. The summed E-state index contributed by atoms with van der Waals surface area (Å²) in [6.45, 7) is 6.41. The zero-order valence-electron chi connectivity index (χ0n) is 11.8. The van der Waals surface area contributed by atoms with Crippen molar-refractivity contribution >= 4 is 11.4 Å². The quantitative estimate of drug-likeness (QED) is 0.658. The highest BCUT2D eigenvalue weighted by Crippen LogP contribution is 2.33. The van der Waals surface area contributed by atoms with E-state index in [0.29, 0.717) is 12.0 Å². The van der Waals surface area contributed by atoms with Crippen LogP contribution in [-0.2, 0) is 0 Å². The van der Waals surface area contributed by atoms with E-state index in [4.69, 9.17) is 0 Å². The molecule has 1 N–H and O–H groups in total. The predicted molar refractivity (Wildman–Crippen MR) is 77.4 cm³/mol. The van der Waals surface area contributed by atoms with Crippen molar-refractivity contribution in [1.82, 2.24) is 0 Å². The minimum absolute atomic E-state index is 0.197. The van der Waals surface area contributed by atoms with Crippen LogP contribution in [-0.4, -0.2) is 11.0 Å². The average Bonchev–Trinajstić information content (AvgIpc) is 2.36. The summed E-state index contributed by atoms with van der Waals surface area (Å²) >= 11 is 0. The van der Waals surface area contributed by atoms with Crippen LogP contribution in [0.15, 0.2) is 18.2 Å². The number of nitrogens with zero attached hydrogens (tertiary/aromatic N) is 1. The van der Waals surface area contributed by atoms with Crippen LogP contribution in [0.1, 0.15) is 38.7 Å². The monoisotopic (exact) mass is 262 g/mol. The number of anilines is 1. The molecule has 1 saturated carbocycles. The Hall–Kier alpha value is -1.58. The molecule has 0 spiro atoms. The van der Waals surface area contributed by atoms with Gasteiger partial charge in [-0.3, -0.25) is 10.1 Å². The highest BCUT2D eigenvalue weighted by atomic mass is 16.6. The van der Waals surface area contributed by atoms with Crippen LogP contribution in [0.3, 0.4) is 0 Å². The highest BCUT2D eigenvalue weighted by molar-refractivity contribution is 5.60. The highest BCUT2D eigenvalue weighted by Gasteiger charge is 2.25. The maximum atomic E-state index is 10.9. The number of benzene rings is 1. The Morgan fingerprint density at radius 3 is 2.63 bits per heavy atom. The molecule has 0 amide bonds. The fraction of sp³-hybridized carbons (Fsp3) is 0.600. The summed E-state index contributed by atoms with van der Waals surface area (Å²) in [7, 11) is 0. The van der Waals surface area contributed by atoms with E-state index < -0.39 is 0 Å². The molecule has 3 atom stereocenters. The number of nitrogens with one attached hydrogen (secondary N) is 1. The lowest BCUT2D eigenvalue weighted by Crippen LogP contribution is -2.30. The molecule has 4 heteroatoms. The van der Waals surface area contributed by atoms with E-state index >= 15 is 0 Å². The van der Waals surface area contributed by atoms with Gasteiger partial charge in [-0.2, -0.15) is 0 Å². The summed E-state index contributed by atoms with van der Waals surface area (Å²) in [6.07, 6.45) is 3.52. The Bertz CT molecular complexity index is 473. The number of rotatable bonds is 3. The van der Waals surface area contributed by atoms with Crippen LogP contribution in [0.2, 0.25) is 0 Å². The molecule has 1 aliphatic rings. The standard InChI is InChI=1S/C15H22N2O2/c1-10-7-8-13(9-11(10)2)16-14-5-4-6-15(12(14)3)17(18)19/h4-6,10-11,13,16H,7-9H2,1-3H3. The van der Waals surface area contributed by atoms with Gasteiger partial charge in [0, 0.05) is 23.4 Å². The third-order valence-electron chi connectivity index (χ3n) is 4.46. The van der Waals surface area contributed by atoms with Crippen LogP contribution in [0.5, 0.6) is 0 Å². The lowest BCUT2D eigenvalue weighted by Gasteiger charge is -2.33. The van der Waals surface area contributed by atoms with Crippen LogP contribution in [0, 0.1) is 28.9 Å². The largest absolute Gasteiger partial charge is 0.382 e. The molecule has 3 unspecified atom stereocenters. The van der Waals surface area contributed by atoms with E-state index in [1.54, 1.807) is 12.1 Å². The lowest BCUT2D eigenvalue weighted by atomic mass is 9.79. The van der Waals surface area contributed by atoms with E-state index in [0.717, 1.165) is 30.0 Å². The van der Waals surface area contributed by atoms with Crippen molar-refractivity contribution in [1.29, 1.82) is 0 Å². The fourth-order valence-corrected chi connectivity index (χ4v) is 2.88. The van der Waals surface area contributed by atoms with E-state index in [1.807, 2.05) is 13.0 Å². The molecule has 2 rings (SSSR count). The summed E-state index contributed by atoms with van der Waals surface area (Å²) in [5.41, 5.74) is 1.84. The molecule has 4 nitrogen and oxygen atoms in total. The van der Waals surface area contributed by atoms with Crippen molar-refractivity contribution < 1.29 is 4.92 Å². The first kappa shape index (κ1) is 13.8. The number of nitro groups is 1. The molecule has 1 fully saturated rings. The molecule has 1 aromatic carbocycles. The fourth-order valence-electron chi connectivity index (χ4n) is 2.88. The van der Waals surface area contributed by atoms with Crippen LogP contribution < -0.4 is 5.32 Å². The van der Waals surface area contributed by atoms with E-state index in [1.165, 1.54) is 6.42 Å². The smallest absolute Gasteiger partial charge is 0.274 e. The van der Waals surface area contributed by atoms with Gasteiger partial charge in [0.1, 0.15) is 0 Å². The van der Waals surface area contributed by atoms with Gasteiger partial charge in [0.25, 0.3) is 5.69 Å². The van der Waals surface area contributed by atoms with Gasteiger partial charge >= 0.3 is 0 Å². The first-order valence-electron chi connectivity index (χ1n) is 6.99. The Labute approximate surface area is 114 Å². The van der Waals surface area contributed by atoms with Gasteiger partial charge in [-0.1, -0.05) is 19.9 Å². The van der Waals surface area contributed by atoms with Crippen molar-refractivity contribution in [3.8, 4) is 0 Å². The molecule has 0 bridgehead atoms. The second kappa shape index (κ2) is 5.59. The Morgan fingerprint density at radius 1 is 1.26 bits per heavy atom. The molecule has 0 aromatic heterocycles. The Balaban J connectivity index is 2.11. The lowest BCUT2D eigenvalue weighted by molar-refractivity contribution is -0.385. The van der Waals surface area contributed by atoms with Crippen LogP contribution in [0.25, 0.3) is 0 Å². The third kappa shape index (κ3) is 3.06. The molecule has 104 valence electrons. The third-order valence-corrected chi connectivity index (χ3v) is 4.46. The van der Waals surface area contributed by atoms with Gasteiger partial charge in [-0.15, -0.1) is 0 Å². The Kier molecular flexibility index (Phi) is 4.08. The van der Waals surface area contributed by atoms with Gasteiger partial charge in [0.2, 0.25) is 0 Å². The first-order chi connectivity index (χ1) is 8.99. The van der Waals surface area contributed by atoms with Crippen molar-refractivity contribution in [2.45, 2.75) is 46.1 Å². The van der Waals surface area contributed by atoms with Crippen molar-refractivity contribution in [3.63, 3.8) is 0 Å². The summed E-state index contributed by atoms with van der Waals surface area (Å²) in [5.74, 6) is 1.49. The van der Waals surface area contributed by atoms with Gasteiger partial charge in [0.05, 0.1) is 4.92 Å². The van der Waals surface area contributed by atoms with Gasteiger partial charge in [0.15, 0.2) is 0 Å². The normalized spacial score (nSPS) is 27.0. The molecule has 1 aliphatic carbocycles. The van der Waals surface area contributed by atoms with Gasteiger partial charge in [-0.05, 0) is 44.1 Å². The van der Waals surface area contributed by atoms with E-state index in [9.17, 15) is 10.1 Å². The molecule has 0 aliphatic heterocycles. The zero-order valence-corrected chi connectivity index (χ0v) is 11.8. The predicted octanol–water partition coefficient (Wildman–Crippen LogP) is 4.14. The van der Waals surface area contributed by atoms with Crippen molar-refractivity contribution in [2.75, 3.05) is 5.32 Å². The summed E-state index contributed by atoms with van der Waals surface area (Å²) < 4.78 is 0. The second-order valence-electron chi connectivity index (χ2n) is 5.82. The second-order valence-corrected chi connectivity index (χ2v) is 5.82. The molecule has 0 radical (unpaired) electrons. The molecular weight excluding hydrogens is 240 g/mol. The maximum absolute atomic E-state index is 10.9. The minimum Gasteiger partial charge on any atom is -0.382 e. The van der Waals surface area contributed by atoms with Gasteiger partial charge in [-0.25, -0.2) is 0 Å². The molecule has 19 heavy (non-hydrogen) atoms. The number of hydrogen-bond acceptors (Lipinski definition) is 3. The van der Waals surface area contributed by atoms with Crippen molar-refractivity contribution in [2.24, 2.45) is 11.8 Å². The van der Waals surface area contributed by atoms with Crippen LogP contribution in [0.4, 0.5) is 11.4 Å². The van der Waals surface area contributed by atoms with E-state index in [-0.39, 0.29) is 10.6 Å². The van der Waals surface area contributed by atoms with Crippen molar-refractivity contribution in [3.05, 3.63) is 33.9 Å². The molecule has 0 heterocycles. The van der Waals surface area contributed by atoms with E-state index in [2.05, 4.69) is 19.2 Å². The maximum Gasteiger partial charge on any atom is 0.274 e. The average molecular weight is 262 g/mol. The summed E-state index contributed by atoms with van der Waals surface area (Å²) in [6, 6.07) is 5.69. The minimum atomic E-state index is -0.313. The molecular formula is C15H22N2O2. The van der Waals surface area contributed by atoms with Crippen LogP contribution >= 0.6 is 0 Å². The SMILES string of the molecule is Cc1c(NC2CCC(C)C(C)C2)cccc1[N+](=O)[O-]. The topological polar surface area (TPSA) is 55.2 Å². The number of nitro benzene ring substituents is 1. The first-order valence-corrected chi connectivity index (χ1v) is 6.99. The number of hydrogen-bond donors (Lipinski definition) is 1. The molecule has 0 saturated heterocycles. The van der Waals surface area contributed by atoms with Gasteiger partial charge < -0.3 is 5.32 Å². The summed E-state index contributed by atoms with van der Waals surface area (Å²) in [5, 5.41) is 14.4.